The van der Waals surface area contributed by atoms with Crippen LogP contribution in [0.15, 0.2) is 12.2 Å². The van der Waals surface area contributed by atoms with Crippen LogP contribution in [0.1, 0.15) is 168 Å². The molecule has 1 unspecified atom stereocenters. The molecule has 0 fully saturated rings. The lowest BCUT2D eigenvalue weighted by atomic mass is 9.98. The van der Waals surface area contributed by atoms with Crippen LogP contribution < -0.4 is 0 Å². The Morgan fingerprint density at radius 3 is 1.21 bits per heavy atom. The third-order valence-electron chi connectivity index (χ3n) is 6.49. The Labute approximate surface area is 186 Å². The van der Waals surface area contributed by atoms with Crippen LogP contribution in [0, 0.1) is 5.92 Å². The molecular formula is C29H58. The SMILES string of the molecule is CCCCCCCCC/C=C/CCCCCCCCCCCCCC(C)CCC. The minimum absolute atomic E-state index is 0.959. The summed E-state index contributed by atoms with van der Waals surface area (Å²) in [5.74, 6) is 0.959. The van der Waals surface area contributed by atoms with Crippen LogP contribution in [0.3, 0.4) is 0 Å². The van der Waals surface area contributed by atoms with Gasteiger partial charge in [-0.2, -0.15) is 0 Å². The van der Waals surface area contributed by atoms with E-state index < -0.39 is 0 Å². The van der Waals surface area contributed by atoms with Gasteiger partial charge in [-0.3, -0.25) is 0 Å². The van der Waals surface area contributed by atoms with Gasteiger partial charge < -0.3 is 0 Å². The maximum absolute atomic E-state index is 2.44. The van der Waals surface area contributed by atoms with Crippen LogP contribution in [0.2, 0.25) is 0 Å². The van der Waals surface area contributed by atoms with Gasteiger partial charge in [-0.25, -0.2) is 0 Å². The molecule has 0 N–H and O–H groups in total. The van der Waals surface area contributed by atoms with Crippen molar-refractivity contribution in [3.63, 3.8) is 0 Å². The second-order valence-electron chi connectivity index (χ2n) is 9.74. The minimum Gasteiger partial charge on any atom is -0.0885 e. The van der Waals surface area contributed by atoms with E-state index in [0.29, 0.717) is 0 Å². The average molecular weight is 407 g/mol. The molecule has 0 heterocycles. The summed E-state index contributed by atoms with van der Waals surface area (Å²) in [5, 5.41) is 0. The fraction of sp³-hybridized carbons (Fsp3) is 0.931. The van der Waals surface area contributed by atoms with Gasteiger partial charge in [0.05, 0.1) is 0 Å². The van der Waals surface area contributed by atoms with Gasteiger partial charge in [0.25, 0.3) is 0 Å². The van der Waals surface area contributed by atoms with E-state index in [1.807, 2.05) is 0 Å². The number of unbranched alkanes of at least 4 members (excludes halogenated alkanes) is 18. The minimum atomic E-state index is 0.959. The zero-order valence-corrected chi connectivity index (χ0v) is 21.0. The number of hydrogen-bond donors (Lipinski definition) is 0. The Morgan fingerprint density at radius 2 is 0.793 bits per heavy atom. The first kappa shape index (κ1) is 28.7. The van der Waals surface area contributed by atoms with E-state index in [1.54, 1.807) is 0 Å². The van der Waals surface area contributed by atoms with Crippen LogP contribution in [0.25, 0.3) is 0 Å². The van der Waals surface area contributed by atoms with Gasteiger partial charge in [-0.15, -0.1) is 0 Å². The van der Waals surface area contributed by atoms with E-state index in [-0.39, 0.29) is 0 Å². The molecule has 0 bridgehead atoms. The predicted molar refractivity (Wildman–Crippen MR) is 136 cm³/mol. The van der Waals surface area contributed by atoms with Gasteiger partial charge in [-0.1, -0.05) is 155 Å². The maximum atomic E-state index is 2.44. The molecule has 0 rings (SSSR count). The lowest BCUT2D eigenvalue weighted by molar-refractivity contribution is 0.450. The average Bonchev–Trinajstić information content (AvgIpc) is 2.72. The van der Waals surface area contributed by atoms with Crippen molar-refractivity contribution in [2.75, 3.05) is 0 Å². The largest absolute Gasteiger partial charge is 0.0885 e. The molecule has 0 nitrogen and oxygen atoms in total. The monoisotopic (exact) mass is 406 g/mol. The highest BCUT2D eigenvalue weighted by Crippen LogP contribution is 2.17. The molecular weight excluding hydrogens is 348 g/mol. The van der Waals surface area contributed by atoms with Crippen LogP contribution in [-0.2, 0) is 0 Å². The molecule has 0 aromatic carbocycles. The van der Waals surface area contributed by atoms with Gasteiger partial charge in [0.1, 0.15) is 0 Å². The summed E-state index contributed by atoms with van der Waals surface area (Å²) < 4.78 is 0. The van der Waals surface area contributed by atoms with Crippen molar-refractivity contribution in [1.29, 1.82) is 0 Å². The fourth-order valence-electron chi connectivity index (χ4n) is 4.44. The molecule has 1 atom stereocenters. The Bertz CT molecular complexity index is 303. The summed E-state index contributed by atoms with van der Waals surface area (Å²) in [5.41, 5.74) is 0. The Balaban J connectivity index is 3.09. The quantitative estimate of drug-likeness (QED) is 0.110. The molecule has 0 amide bonds. The smallest absolute Gasteiger partial charge is 0.0351 e. The van der Waals surface area contributed by atoms with Crippen molar-refractivity contribution in [3.8, 4) is 0 Å². The van der Waals surface area contributed by atoms with Crippen LogP contribution in [0.5, 0.6) is 0 Å². The Morgan fingerprint density at radius 1 is 0.414 bits per heavy atom. The van der Waals surface area contributed by atoms with E-state index in [0.717, 1.165) is 5.92 Å². The lowest BCUT2D eigenvalue weighted by Crippen LogP contribution is -1.93. The molecule has 0 aromatic rings. The van der Waals surface area contributed by atoms with Gasteiger partial charge in [0, 0.05) is 0 Å². The lowest BCUT2D eigenvalue weighted by Gasteiger charge is -2.09. The Kier molecular flexibility index (Phi) is 25.5. The molecule has 29 heavy (non-hydrogen) atoms. The molecule has 174 valence electrons. The first-order chi connectivity index (χ1) is 14.3. The first-order valence-corrected chi connectivity index (χ1v) is 14.0. The van der Waals surface area contributed by atoms with Crippen molar-refractivity contribution < 1.29 is 0 Å². The molecule has 0 aromatic heterocycles. The first-order valence-electron chi connectivity index (χ1n) is 14.0. The topological polar surface area (TPSA) is 0 Å². The summed E-state index contributed by atoms with van der Waals surface area (Å²) in [7, 11) is 0. The van der Waals surface area contributed by atoms with Crippen molar-refractivity contribution >= 4 is 0 Å². The third-order valence-corrected chi connectivity index (χ3v) is 6.49. The molecule has 0 saturated carbocycles. The normalized spacial score (nSPS) is 12.8. The maximum Gasteiger partial charge on any atom is -0.0351 e. The summed E-state index contributed by atoms with van der Waals surface area (Å²) in [6, 6.07) is 0. The van der Waals surface area contributed by atoms with E-state index in [9.17, 15) is 0 Å². The Hall–Kier alpha value is -0.260. The molecule has 0 heteroatoms. The molecule has 0 spiro atoms. The van der Waals surface area contributed by atoms with Gasteiger partial charge in [0.15, 0.2) is 0 Å². The summed E-state index contributed by atoms with van der Waals surface area (Å²) in [6.45, 7) is 7.03. The van der Waals surface area contributed by atoms with E-state index in [2.05, 4.69) is 32.9 Å². The molecule has 0 saturated heterocycles. The standard InChI is InChI=1S/C29H58/c1-4-6-7-8-9-10-11-12-13-14-15-16-17-18-19-20-21-22-23-24-25-26-28-29(3)27-5-2/h13-14,29H,4-12,15-28H2,1-3H3/b14-13+. The third kappa shape index (κ3) is 25.7. The van der Waals surface area contributed by atoms with Crippen molar-refractivity contribution in [3.05, 3.63) is 12.2 Å². The summed E-state index contributed by atoms with van der Waals surface area (Å²) in [4.78, 5) is 0. The van der Waals surface area contributed by atoms with Crippen molar-refractivity contribution in [2.24, 2.45) is 5.92 Å². The highest BCUT2D eigenvalue weighted by atomic mass is 14.1. The van der Waals surface area contributed by atoms with E-state index in [4.69, 9.17) is 0 Å². The second-order valence-corrected chi connectivity index (χ2v) is 9.74. The van der Waals surface area contributed by atoms with Crippen LogP contribution >= 0.6 is 0 Å². The van der Waals surface area contributed by atoms with Crippen molar-refractivity contribution in [1.82, 2.24) is 0 Å². The predicted octanol–water partition coefficient (Wildman–Crippen LogP) is 11.2. The summed E-state index contributed by atoms with van der Waals surface area (Å²) >= 11 is 0. The highest BCUT2D eigenvalue weighted by Gasteiger charge is 2.00. The van der Waals surface area contributed by atoms with Gasteiger partial charge in [0.2, 0.25) is 0 Å². The van der Waals surface area contributed by atoms with Crippen LogP contribution in [-0.4, -0.2) is 0 Å². The fourth-order valence-corrected chi connectivity index (χ4v) is 4.44. The van der Waals surface area contributed by atoms with Crippen LogP contribution in [0.4, 0.5) is 0 Å². The zero-order valence-electron chi connectivity index (χ0n) is 21.0. The van der Waals surface area contributed by atoms with Crippen molar-refractivity contribution in [2.45, 2.75) is 168 Å². The van der Waals surface area contributed by atoms with E-state index in [1.165, 1.54) is 148 Å². The van der Waals surface area contributed by atoms with Gasteiger partial charge in [-0.05, 0) is 31.6 Å². The van der Waals surface area contributed by atoms with Gasteiger partial charge >= 0.3 is 0 Å². The zero-order chi connectivity index (χ0) is 21.3. The molecule has 0 aliphatic rings. The number of hydrogen-bond acceptors (Lipinski definition) is 0. The molecule has 0 aliphatic heterocycles. The highest BCUT2D eigenvalue weighted by molar-refractivity contribution is 4.81. The molecule has 0 aliphatic carbocycles. The number of allylic oxidation sites excluding steroid dienone is 2. The second kappa shape index (κ2) is 25.8. The molecule has 0 radical (unpaired) electrons. The van der Waals surface area contributed by atoms with E-state index >= 15 is 0 Å². The summed E-state index contributed by atoms with van der Waals surface area (Å²) in [6.07, 6.45) is 37.8. The number of rotatable bonds is 24.